The minimum atomic E-state index is -0.910. The number of carboxylic acids is 1. The first-order valence-electron chi connectivity index (χ1n) is 7.10. The Kier molecular flexibility index (Phi) is 6.20. The molecule has 0 fully saturated rings. The van der Waals surface area contributed by atoms with E-state index in [1.807, 2.05) is 27.8 Å². The highest BCUT2D eigenvalue weighted by Crippen LogP contribution is 2.11. The van der Waals surface area contributed by atoms with Gasteiger partial charge in [-0.3, -0.25) is 9.48 Å². The number of urea groups is 1. The average molecular weight is 296 g/mol. The molecule has 7 heteroatoms. The van der Waals surface area contributed by atoms with E-state index in [-0.39, 0.29) is 18.5 Å². The molecule has 0 spiro atoms. The molecule has 0 aliphatic carbocycles. The maximum Gasteiger partial charge on any atom is 0.315 e. The molecule has 0 aromatic carbocycles. The van der Waals surface area contributed by atoms with Crippen LogP contribution in [0.5, 0.6) is 0 Å². The molecule has 1 atom stereocenters. The van der Waals surface area contributed by atoms with Gasteiger partial charge in [0.15, 0.2) is 0 Å². The molecule has 1 heterocycles. The van der Waals surface area contributed by atoms with E-state index in [2.05, 4.69) is 15.7 Å². The van der Waals surface area contributed by atoms with E-state index in [0.717, 1.165) is 23.4 Å². The number of rotatable bonds is 7. The summed E-state index contributed by atoms with van der Waals surface area (Å²) < 4.78 is 1.77. The van der Waals surface area contributed by atoms with Gasteiger partial charge in [-0.05, 0) is 20.3 Å². The lowest BCUT2D eigenvalue weighted by molar-refractivity contribution is -0.137. The average Bonchev–Trinajstić information content (AvgIpc) is 2.60. The Labute approximate surface area is 124 Å². The van der Waals surface area contributed by atoms with Crippen molar-refractivity contribution in [3.8, 4) is 0 Å². The zero-order chi connectivity index (χ0) is 16.0. The Hall–Kier alpha value is -2.05. The fourth-order valence-corrected chi connectivity index (χ4v) is 2.26. The Bertz CT molecular complexity index is 511. The number of hydrogen-bond acceptors (Lipinski definition) is 3. The number of aromatic nitrogens is 2. The summed E-state index contributed by atoms with van der Waals surface area (Å²) in [5, 5.41) is 18.6. The Balaban J connectivity index is 2.54. The largest absolute Gasteiger partial charge is 0.481 e. The number of aryl methyl sites for hydroxylation is 2. The van der Waals surface area contributed by atoms with Crippen LogP contribution in [-0.2, 0) is 18.4 Å². The molecule has 0 aliphatic rings. The normalized spacial score (nSPS) is 12.0. The second kappa shape index (κ2) is 7.66. The molecule has 0 bridgehead atoms. The first kappa shape index (κ1) is 17.0. The monoisotopic (exact) mass is 296 g/mol. The van der Waals surface area contributed by atoms with Gasteiger partial charge in [-0.2, -0.15) is 5.10 Å². The summed E-state index contributed by atoms with van der Waals surface area (Å²) in [5.74, 6) is -0.910. The van der Waals surface area contributed by atoms with Crippen molar-refractivity contribution in [2.75, 3.05) is 0 Å². The second-order valence-corrected chi connectivity index (χ2v) is 5.18. The lowest BCUT2D eigenvalue weighted by atomic mass is 10.1. The third kappa shape index (κ3) is 5.09. The van der Waals surface area contributed by atoms with Gasteiger partial charge in [0.05, 0.1) is 12.1 Å². The van der Waals surface area contributed by atoms with Crippen LogP contribution in [0.4, 0.5) is 4.79 Å². The number of aliphatic carboxylic acids is 1. The molecule has 7 nitrogen and oxygen atoms in total. The number of carboxylic acid groups (broad SMARTS) is 1. The lowest BCUT2D eigenvalue weighted by Gasteiger charge is -2.16. The molecule has 3 N–H and O–H groups in total. The zero-order valence-corrected chi connectivity index (χ0v) is 13.1. The number of nitrogens with zero attached hydrogens (tertiary/aromatic N) is 2. The van der Waals surface area contributed by atoms with E-state index < -0.39 is 5.97 Å². The quantitative estimate of drug-likeness (QED) is 0.710. The van der Waals surface area contributed by atoms with Crippen molar-refractivity contribution in [3.05, 3.63) is 17.0 Å². The molecule has 0 saturated carbocycles. The minimum absolute atomic E-state index is 0.0633. The first-order chi connectivity index (χ1) is 9.85. The number of nitrogens with one attached hydrogen (secondary N) is 2. The SMILES string of the molecule is CCCC(CC(=O)O)NC(=O)NCc1c(C)nn(C)c1C. The van der Waals surface area contributed by atoms with Crippen LogP contribution >= 0.6 is 0 Å². The Morgan fingerprint density at radius 2 is 2.05 bits per heavy atom. The van der Waals surface area contributed by atoms with E-state index in [4.69, 9.17) is 5.11 Å². The molecule has 1 rings (SSSR count). The maximum atomic E-state index is 11.9. The van der Waals surface area contributed by atoms with Crippen molar-refractivity contribution in [2.24, 2.45) is 7.05 Å². The Morgan fingerprint density at radius 3 is 2.52 bits per heavy atom. The number of amides is 2. The van der Waals surface area contributed by atoms with Crippen LogP contribution in [0.15, 0.2) is 0 Å². The topological polar surface area (TPSA) is 96.2 Å². The Morgan fingerprint density at radius 1 is 1.38 bits per heavy atom. The van der Waals surface area contributed by atoms with E-state index in [1.165, 1.54) is 0 Å². The van der Waals surface area contributed by atoms with Gasteiger partial charge in [0.2, 0.25) is 0 Å². The van der Waals surface area contributed by atoms with Crippen LogP contribution in [0.2, 0.25) is 0 Å². The third-order valence-electron chi connectivity index (χ3n) is 3.48. The summed E-state index contributed by atoms with van der Waals surface area (Å²) in [7, 11) is 1.86. The lowest BCUT2D eigenvalue weighted by Crippen LogP contribution is -2.42. The van der Waals surface area contributed by atoms with Crippen LogP contribution < -0.4 is 10.6 Å². The molecule has 118 valence electrons. The van der Waals surface area contributed by atoms with Crippen LogP contribution in [0.25, 0.3) is 0 Å². The second-order valence-electron chi connectivity index (χ2n) is 5.18. The first-order valence-corrected chi connectivity index (χ1v) is 7.10. The van der Waals surface area contributed by atoms with Gasteiger partial charge >= 0.3 is 12.0 Å². The molecule has 0 radical (unpaired) electrons. The van der Waals surface area contributed by atoms with Crippen molar-refractivity contribution in [3.63, 3.8) is 0 Å². The molecule has 21 heavy (non-hydrogen) atoms. The van der Waals surface area contributed by atoms with E-state index in [1.54, 1.807) is 4.68 Å². The summed E-state index contributed by atoms with van der Waals surface area (Å²) in [6.07, 6.45) is 1.40. The molecule has 0 saturated heterocycles. The summed E-state index contributed by atoms with van der Waals surface area (Å²) in [5.41, 5.74) is 2.87. The smallest absolute Gasteiger partial charge is 0.315 e. The summed E-state index contributed by atoms with van der Waals surface area (Å²) >= 11 is 0. The van der Waals surface area contributed by atoms with Crippen molar-refractivity contribution in [1.29, 1.82) is 0 Å². The van der Waals surface area contributed by atoms with Crippen LogP contribution in [0, 0.1) is 13.8 Å². The van der Waals surface area contributed by atoms with Gasteiger partial charge in [-0.1, -0.05) is 13.3 Å². The van der Waals surface area contributed by atoms with Crippen LogP contribution in [0.3, 0.4) is 0 Å². The van der Waals surface area contributed by atoms with Gasteiger partial charge in [-0.25, -0.2) is 4.79 Å². The predicted molar refractivity (Wildman–Crippen MR) is 79.0 cm³/mol. The summed E-state index contributed by atoms with van der Waals surface area (Å²) in [6, 6.07) is -0.694. The highest BCUT2D eigenvalue weighted by molar-refractivity contribution is 5.75. The van der Waals surface area contributed by atoms with E-state index in [9.17, 15) is 9.59 Å². The molecular weight excluding hydrogens is 272 g/mol. The predicted octanol–water partition coefficient (Wildman–Crippen LogP) is 1.48. The maximum absolute atomic E-state index is 11.9. The fraction of sp³-hybridized carbons (Fsp3) is 0.643. The molecule has 1 unspecified atom stereocenters. The van der Waals surface area contributed by atoms with Crippen molar-refractivity contribution in [2.45, 2.75) is 52.6 Å². The summed E-state index contributed by atoms with van der Waals surface area (Å²) in [6.45, 7) is 6.17. The zero-order valence-electron chi connectivity index (χ0n) is 13.1. The van der Waals surface area contributed by atoms with Gasteiger partial charge in [0.25, 0.3) is 0 Å². The number of hydrogen-bond donors (Lipinski definition) is 3. The molecule has 1 aromatic rings. The van der Waals surface area contributed by atoms with Crippen molar-refractivity contribution >= 4 is 12.0 Å². The van der Waals surface area contributed by atoms with E-state index in [0.29, 0.717) is 13.0 Å². The van der Waals surface area contributed by atoms with Crippen LogP contribution in [0.1, 0.15) is 43.1 Å². The highest BCUT2D eigenvalue weighted by atomic mass is 16.4. The van der Waals surface area contributed by atoms with Crippen LogP contribution in [-0.4, -0.2) is 32.9 Å². The number of carbonyl (C=O) groups excluding carboxylic acids is 1. The van der Waals surface area contributed by atoms with Gasteiger partial charge in [-0.15, -0.1) is 0 Å². The van der Waals surface area contributed by atoms with E-state index >= 15 is 0 Å². The third-order valence-corrected chi connectivity index (χ3v) is 3.48. The molecule has 0 aliphatic heterocycles. The standard InChI is InChI=1S/C14H24N4O3/c1-5-6-11(7-13(19)20)16-14(21)15-8-12-9(2)17-18(4)10(12)3/h11H,5-8H2,1-4H3,(H,19,20)(H2,15,16,21). The van der Waals surface area contributed by atoms with Gasteiger partial charge in [0, 0.05) is 30.9 Å². The fourth-order valence-electron chi connectivity index (χ4n) is 2.26. The number of carbonyl (C=O) groups is 2. The molecule has 2 amide bonds. The van der Waals surface area contributed by atoms with Crippen molar-refractivity contribution < 1.29 is 14.7 Å². The molecule has 1 aromatic heterocycles. The molecular formula is C14H24N4O3. The highest BCUT2D eigenvalue weighted by Gasteiger charge is 2.16. The summed E-state index contributed by atoms with van der Waals surface area (Å²) in [4.78, 5) is 22.6. The van der Waals surface area contributed by atoms with Gasteiger partial charge in [0.1, 0.15) is 0 Å². The van der Waals surface area contributed by atoms with Gasteiger partial charge < -0.3 is 15.7 Å². The minimum Gasteiger partial charge on any atom is -0.481 e. The van der Waals surface area contributed by atoms with Crippen molar-refractivity contribution in [1.82, 2.24) is 20.4 Å².